The van der Waals surface area contributed by atoms with Gasteiger partial charge in [-0.3, -0.25) is 4.79 Å². The number of methoxy groups -OCH3 is 1. The first-order valence-corrected chi connectivity index (χ1v) is 7.10. The molecule has 0 unspecified atom stereocenters. The van der Waals surface area contributed by atoms with Crippen molar-refractivity contribution in [3.05, 3.63) is 29.8 Å². The molecule has 20 heavy (non-hydrogen) atoms. The summed E-state index contributed by atoms with van der Waals surface area (Å²) in [5.41, 5.74) is 6.84. The van der Waals surface area contributed by atoms with Crippen molar-refractivity contribution in [1.82, 2.24) is 0 Å². The Balaban J connectivity index is 2.46. The molecule has 3 N–H and O–H groups in total. The lowest BCUT2D eigenvalue weighted by atomic mass is 9.89. The van der Waals surface area contributed by atoms with Gasteiger partial charge in [0.05, 0.1) is 7.11 Å². The van der Waals surface area contributed by atoms with Crippen LogP contribution in [-0.2, 0) is 11.2 Å². The van der Waals surface area contributed by atoms with E-state index in [2.05, 4.69) is 13.0 Å². The summed E-state index contributed by atoms with van der Waals surface area (Å²) in [6.45, 7) is 2.59. The highest BCUT2D eigenvalue weighted by Gasteiger charge is 2.15. The van der Waals surface area contributed by atoms with Gasteiger partial charge in [-0.15, -0.1) is 0 Å². The summed E-state index contributed by atoms with van der Waals surface area (Å²) in [5.74, 6) is 0.672. The van der Waals surface area contributed by atoms with Gasteiger partial charge in [-0.05, 0) is 49.3 Å². The Morgan fingerprint density at radius 1 is 1.40 bits per heavy atom. The molecule has 0 aliphatic heterocycles. The van der Waals surface area contributed by atoms with Crippen molar-refractivity contribution in [1.29, 1.82) is 0 Å². The maximum absolute atomic E-state index is 10.7. The Kier molecular flexibility index (Phi) is 7.09. The molecule has 0 saturated carbocycles. The highest BCUT2D eigenvalue weighted by molar-refractivity contribution is 5.67. The summed E-state index contributed by atoms with van der Waals surface area (Å²) in [4.78, 5) is 10.7. The monoisotopic (exact) mass is 279 g/mol. The summed E-state index contributed by atoms with van der Waals surface area (Å²) >= 11 is 0. The van der Waals surface area contributed by atoms with Crippen molar-refractivity contribution < 1.29 is 14.6 Å². The number of aliphatic carboxylic acids is 1. The molecule has 1 aromatic rings. The van der Waals surface area contributed by atoms with Crippen molar-refractivity contribution in [3.63, 3.8) is 0 Å². The quantitative estimate of drug-likeness (QED) is 0.729. The lowest BCUT2D eigenvalue weighted by Gasteiger charge is -2.18. The van der Waals surface area contributed by atoms with Gasteiger partial charge in [0.1, 0.15) is 5.75 Å². The van der Waals surface area contributed by atoms with E-state index in [9.17, 15) is 4.79 Å². The average molecular weight is 279 g/mol. The van der Waals surface area contributed by atoms with Gasteiger partial charge in [-0.2, -0.15) is 0 Å². The molecule has 2 atom stereocenters. The Morgan fingerprint density at radius 3 is 2.70 bits per heavy atom. The van der Waals surface area contributed by atoms with E-state index >= 15 is 0 Å². The van der Waals surface area contributed by atoms with Gasteiger partial charge < -0.3 is 15.6 Å². The molecule has 0 radical (unpaired) electrons. The van der Waals surface area contributed by atoms with Gasteiger partial charge in [-0.25, -0.2) is 0 Å². The Labute approximate surface area is 120 Å². The molecule has 0 fully saturated rings. The summed E-state index contributed by atoms with van der Waals surface area (Å²) < 4.78 is 5.33. The third-order valence-corrected chi connectivity index (χ3v) is 3.63. The highest BCUT2D eigenvalue weighted by atomic mass is 16.5. The maximum Gasteiger partial charge on any atom is 0.303 e. The van der Waals surface area contributed by atoms with Crippen molar-refractivity contribution in [3.8, 4) is 5.75 Å². The van der Waals surface area contributed by atoms with Gasteiger partial charge in [0, 0.05) is 6.42 Å². The van der Waals surface area contributed by atoms with Crippen LogP contribution in [-0.4, -0.2) is 24.7 Å². The topological polar surface area (TPSA) is 72.5 Å². The zero-order valence-electron chi connectivity index (χ0n) is 12.3. The SMILES string of the molecule is COc1ccccc1CC[C@@H](C)C[C@H](CN)CC(=O)O. The summed E-state index contributed by atoms with van der Waals surface area (Å²) in [7, 11) is 1.68. The molecule has 4 heteroatoms. The number of carbonyl (C=O) groups is 1. The maximum atomic E-state index is 10.7. The fraction of sp³-hybridized carbons (Fsp3) is 0.562. The average Bonchev–Trinajstić information content (AvgIpc) is 2.44. The number of carboxylic acids is 1. The standard InChI is InChI=1S/C16H25NO3/c1-12(9-13(11-17)10-16(18)19)7-8-14-5-3-4-6-15(14)20-2/h3-6,12-13H,7-11,17H2,1-2H3,(H,18,19)/t12-,13+/m1/s1. The summed E-state index contributed by atoms with van der Waals surface area (Å²) in [6.07, 6.45) is 2.97. The molecule has 112 valence electrons. The van der Waals surface area contributed by atoms with E-state index in [1.54, 1.807) is 7.11 Å². The van der Waals surface area contributed by atoms with E-state index in [-0.39, 0.29) is 12.3 Å². The van der Waals surface area contributed by atoms with Crippen LogP contribution in [0.15, 0.2) is 24.3 Å². The Morgan fingerprint density at radius 2 is 2.10 bits per heavy atom. The van der Waals surface area contributed by atoms with Crippen molar-refractivity contribution in [2.45, 2.75) is 32.6 Å². The fourth-order valence-electron chi connectivity index (χ4n) is 2.51. The molecule has 1 rings (SSSR count). The minimum absolute atomic E-state index is 0.0696. The summed E-state index contributed by atoms with van der Waals surface area (Å²) in [5, 5.41) is 8.83. The normalized spacial score (nSPS) is 13.8. The molecule has 0 aliphatic rings. The molecular formula is C16H25NO3. The number of nitrogens with two attached hydrogens (primary N) is 1. The number of hydrogen-bond donors (Lipinski definition) is 2. The van der Waals surface area contributed by atoms with Gasteiger partial charge in [0.25, 0.3) is 0 Å². The van der Waals surface area contributed by atoms with Crippen molar-refractivity contribution in [2.75, 3.05) is 13.7 Å². The smallest absolute Gasteiger partial charge is 0.303 e. The fourth-order valence-corrected chi connectivity index (χ4v) is 2.51. The van der Waals surface area contributed by atoms with E-state index in [1.807, 2.05) is 18.2 Å². The molecule has 0 amide bonds. The van der Waals surface area contributed by atoms with Gasteiger partial charge >= 0.3 is 5.97 Å². The molecule has 0 aromatic heterocycles. The van der Waals surface area contributed by atoms with Crippen LogP contribution in [0.1, 0.15) is 31.7 Å². The van der Waals surface area contributed by atoms with E-state index in [4.69, 9.17) is 15.6 Å². The summed E-state index contributed by atoms with van der Waals surface area (Å²) in [6, 6.07) is 8.01. The number of rotatable bonds is 9. The van der Waals surface area contributed by atoms with E-state index < -0.39 is 5.97 Å². The van der Waals surface area contributed by atoms with Crippen LogP contribution in [0.4, 0.5) is 0 Å². The highest BCUT2D eigenvalue weighted by Crippen LogP contribution is 2.23. The van der Waals surface area contributed by atoms with E-state index in [0.29, 0.717) is 12.5 Å². The second kappa shape index (κ2) is 8.59. The molecule has 1 aromatic carbocycles. The first-order chi connectivity index (χ1) is 9.56. The largest absolute Gasteiger partial charge is 0.496 e. The second-order valence-electron chi connectivity index (χ2n) is 5.39. The zero-order valence-corrected chi connectivity index (χ0v) is 12.3. The van der Waals surface area contributed by atoms with Crippen LogP contribution in [0.3, 0.4) is 0 Å². The van der Waals surface area contributed by atoms with E-state index in [1.165, 1.54) is 5.56 Å². The number of para-hydroxylation sites is 1. The van der Waals surface area contributed by atoms with Crippen LogP contribution >= 0.6 is 0 Å². The third kappa shape index (κ3) is 5.61. The molecule has 0 saturated heterocycles. The minimum Gasteiger partial charge on any atom is -0.496 e. The Hall–Kier alpha value is -1.55. The lowest BCUT2D eigenvalue weighted by molar-refractivity contribution is -0.138. The van der Waals surface area contributed by atoms with Crippen LogP contribution in [0.25, 0.3) is 0 Å². The number of benzene rings is 1. The van der Waals surface area contributed by atoms with Gasteiger partial charge in [0.2, 0.25) is 0 Å². The van der Waals surface area contributed by atoms with Gasteiger partial charge in [0.15, 0.2) is 0 Å². The number of ether oxygens (including phenoxy) is 1. The predicted octanol–water partition coefficient (Wildman–Crippen LogP) is 2.70. The second-order valence-corrected chi connectivity index (χ2v) is 5.39. The number of aryl methyl sites for hydroxylation is 1. The zero-order chi connectivity index (χ0) is 15.0. The van der Waals surface area contributed by atoms with Crippen LogP contribution in [0.2, 0.25) is 0 Å². The molecule has 0 spiro atoms. The van der Waals surface area contributed by atoms with Crippen LogP contribution in [0.5, 0.6) is 5.75 Å². The molecule has 0 heterocycles. The molecule has 0 aliphatic carbocycles. The number of carboxylic acid groups (broad SMARTS) is 1. The lowest BCUT2D eigenvalue weighted by Crippen LogP contribution is -2.20. The Bertz CT molecular complexity index is 420. The first kappa shape index (κ1) is 16.5. The first-order valence-electron chi connectivity index (χ1n) is 7.10. The molecule has 0 bridgehead atoms. The molecular weight excluding hydrogens is 254 g/mol. The minimum atomic E-state index is -0.766. The van der Waals surface area contributed by atoms with Crippen molar-refractivity contribution >= 4 is 5.97 Å². The number of hydrogen-bond acceptors (Lipinski definition) is 3. The molecule has 4 nitrogen and oxygen atoms in total. The van der Waals surface area contributed by atoms with Gasteiger partial charge in [-0.1, -0.05) is 25.1 Å². The van der Waals surface area contributed by atoms with E-state index in [0.717, 1.165) is 25.0 Å². The van der Waals surface area contributed by atoms with Crippen molar-refractivity contribution in [2.24, 2.45) is 17.6 Å². The third-order valence-electron chi connectivity index (χ3n) is 3.63. The van der Waals surface area contributed by atoms with Crippen LogP contribution in [0, 0.1) is 11.8 Å². The predicted molar refractivity (Wildman–Crippen MR) is 79.9 cm³/mol. The van der Waals surface area contributed by atoms with Crippen LogP contribution < -0.4 is 10.5 Å².